The van der Waals surface area contributed by atoms with Crippen LogP contribution in [-0.4, -0.2) is 80.3 Å². The highest BCUT2D eigenvalue weighted by molar-refractivity contribution is 7.89. The number of hydrogen-bond donors (Lipinski definition) is 5. The molecule has 2 aromatic carbocycles. The number of nitrogen functional groups attached to an aromatic ring is 1. The van der Waals surface area contributed by atoms with Crippen molar-refractivity contribution in [2.75, 3.05) is 13.7 Å². The second-order valence-electron chi connectivity index (χ2n) is 10.3. The van der Waals surface area contributed by atoms with E-state index in [1.807, 2.05) is 31.0 Å². The van der Waals surface area contributed by atoms with E-state index >= 15 is 0 Å². The van der Waals surface area contributed by atoms with Crippen molar-refractivity contribution in [3.05, 3.63) is 65.2 Å². The van der Waals surface area contributed by atoms with Crippen LogP contribution in [0.25, 0.3) is 0 Å². The van der Waals surface area contributed by atoms with Crippen LogP contribution in [0.1, 0.15) is 49.4 Å². The maximum atomic E-state index is 12.8. The Morgan fingerprint density at radius 1 is 1.18 bits per heavy atom. The molecule has 1 fully saturated rings. The molecule has 0 aromatic heterocycles. The Bertz CT molecular complexity index is 1470. The molecule has 6 N–H and O–H groups in total. The molecule has 2 aromatic rings. The average Bonchev–Trinajstić information content (AvgIpc) is 3.38. The number of aryl methyl sites for hydroxylation is 1. The van der Waals surface area contributed by atoms with Crippen LogP contribution in [0.5, 0.6) is 0 Å². The smallest absolute Gasteiger partial charge is 0.475 e. The summed E-state index contributed by atoms with van der Waals surface area (Å²) in [6.45, 7) is 5.45. The lowest BCUT2D eigenvalue weighted by Gasteiger charge is -2.26. The van der Waals surface area contributed by atoms with Crippen LogP contribution in [-0.2, 0) is 34.0 Å². The van der Waals surface area contributed by atoms with E-state index < -0.39 is 46.2 Å². The summed E-state index contributed by atoms with van der Waals surface area (Å²) in [5, 5.41) is 19.2. The first kappa shape index (κ1) is 37.1. The van der Waals surface area contributed by atoms with E-state index in [9.17, 15) is 31.2 Å². The van der Waals surface area contributed by atoms with Crippen molar-refractivity contribution < 1.29 is 50.7 Å². The Hall–Kier alpha value is -4.06. The molecule has 45 heavy (non-hydrogen) atoms. The van der Waals surface area contributed by atoms with Gasteiger partial charge in [0.15, 0.2) is 0 Å². The van der Waals surface area contributed by atoms with Gasteiger partial charge in [-0.05, 0) is 50.5 Å². The van der Waals surface area contributed by atoms with Gasteiger partial charge in [0.1, 0.15) is 11.9 Å². The summed E-state index contributed by atoms with van der Waals surface area (Å²) in [5.41, 5.74) is 7.90. The van der Waals surface area contributed by atoms with Crippen molar-refractivity contribution in [3.63, 3.8) is 0 Å². The van der Waals surface area contributed by atoms with E-state index in [-0.39, 0.29) is 35.8 Å². The van der Waals surface area contributed by atoms with Crippen LogP contribution in [0.15, 0.2) is 53.4 Å². The third-order valence-corrected chi connectivity index (χ3v) is 7.89. The van der Waals surface area contributed by atoms with Gasteiger partial charge in [0.05, 0.1) is 30.6 Å². The molecule has 0 radical (unpaired) electrons. The van der Waals surface area contributed by atoms with Gasteiger partial charge in [-0.25, -0.2) is 13.2 Å². The molecule has 0 saturated carbocycles. The summed E-state index contributed by atoms with van der Waals surface area (Å²) in [6.07, 6.45) is -4.94. The van der Waals surface area contributed by atoms with Crippen LogP contribution in [0.2, 0.25) is 0 Å². The topological polar surface area (TPSA) is 201 Å². The molecular formula is C28H36F3N5O8S. The molecule has 1 aliphatic heterocycles. The average molecular weight is 660 g/mol. The van der Waals surface area contributed by atoms with Gasteiger partial charge in [0, 0.05) is 18.2 Å². The summed E-state index contributed by atoms with van der Waals surface area (Å²) in [6, 6.07) is 12.2. The number of ether oxygens (including phenoxy) is 1. The number of carboxylic acid groups (broad SMARTS) is 1. The number of nitrogens with one attached hydrogen (secondary N) is 3. The number of carboxylic acids is 1. The van der Waals surface area contributed by atoms with E-state index in [1.165, 1.54) is 12.1 Å². The number of sulfonamides is 1. The van der Waals surface area contributed by atoms with Crippen LogP contribution in [0, 0.1) is 12.3 Å². The number of rotatable bonds is 11. The lowest BCUT2D eigenvalue weighted by molar-refractivity contribution is -0.192. The fraction of sp³-hybridized carbons (Fsp3) is 0.429. The van der Waals surface area contributed by atoms with Crippen LogP contribution >= 0.6 is 0 Å². The summed E-state index contributed by atoms with van der Waals surface area (Å²) in [5.74, 6) is -3.98. The zero-order chi connectivity index (χ0) is 34.1. The maximum Gasteiger partial charge on any atom is 0.490 e. The fourth-order valence-corrected chi connectivity index (χ4v) is 5.55. The number of benzene rings is 2. The van der Waals surface area contributed by atoms with Gasteiger partial charge in [0.25, 0.3) is 0 Å². The number of nitrogens with zero attached hydrogens (tertiary/aromatic N) is 1. The predicted octanol–water partition coefficient (Wildman–Crippen LogP) is 2.39. The zero-order valence-electron chi connectivity index (χ0n) is 24.9. The number of aliphatic carboxylic acids is 1. The summed E-state index contributed by atoms with van der Waals surface area (Å²) in [4.78, 5) is 40.0. The molecule has 1 aliphatic rings. The van der Waals surface area contributed by atoms with E-state index in [0.29, 0.717) is 12.0 Å². The Kier molecular flexibility index (Phi) is 13.0. The van der Waals surface area contributed by atoms with Crippen molar-refractivity contribution in [3.8, 4) is 0 Å². The minimum atomic E-state index is -5.08. The standard InChI is InChI=1S/C26H35N5O6S.C2HF3O2/c1-16(2)31-23(18-8-10-19(11-9-18)25(27)28)13-20(37-31)14-24(32)29-15-22(26(33)36-4)30-38(34,35)21-7-5-6-17(3)12-21;3-2(4,5)1(6)7/h5-12,16,20,22-23,30H,13-15H2,1-4H3,(H3,27,28)(H,29,32);(H,6,7)/t20-,22+,23+;/m1./s1. The van der Waals surface area contributed by atoms with Gasteiger partial charge in [-0.2, -0.15) is 23.0 Å². The second-order valence-corrected chi connectivity index (χ2v) is 12.0. The second kappa shape index (κ2) is 15.8. The number of halogens is 3. The number of hydroxylamine groups is 2. The maximum absolute atomic E-state index is 12.8. The quantitative estimate of drug-likeness (QED) is 0.136. The number of hydrogen-bond acceptors (Lipinski definition) is 9. The number of alkyl halides is 3. The van der Waals surface area contributed by atoms with E-state index in [2.05, 4.69) is 10.0 Å². The molecule has 1 heterocycles. The van der Waals surface area contributed by atoms with E-state index in [4.69, 9.17) is 30.6 Å². The summed E-state index contributed by atoms with van der Waals surface area (Å²) < 4.78 is 64.4. The highest BCUT2D eigenvalue weighted by Gasteiger charge is 2.39. The molecule has 0 bridgehead atoms. The third-order valence-electron chi connectivity index (χ3n) is 6.42. The van der Waals surface area contributed by atoms with Gasteiger partial charge in [0.2, 0.25) is 15.9 Å². The monoisotopic (exact) mass is 659 g/mol. The largest absolute Gasteiger partial charge is 0.490 e. The molecule has 17 heteroatoms. The SMILES string of the molecule is COC(=O)[C@H](CNC(=O)C[C@H]1C[C@@H](c2ccc(C(=N)N)cc2)N(C(C)C)O1)NS(=O)(=O)c1cccc(C)c1.O=C(O)C(F)(F)F. The zero-order valence-corrected chi connectivity index (χ0v) is 25.7. The van der Waals surface area contributed by atoms with Gasteiger partial charge in [-0.3, -0.25) is 19.8 Å². The van der Waals surface area contributed by atoms with Gasteiger partial charge in [-0.1, -0.05) is 36.4 Å². The van der Waals surface area contributed by atoms with Crippen molar-refractivity contribution in [1.29, 1.82) is 5.41 Å². The van der Waals surface area contributed by atoms with E-state index in [1.54, 1.807) is 31.2 Å². The number of amides is 1. The minimum absolute atomic E-state index is 0.00763. The third kappa shape index (κ3) is 11.1. The molecule has 3 atom stereocenters. The molecular weight excluding hydrogens is 623 g/mol. The lowest BCUT2D eigenvalue weighted by Crippen LogP contribution is -2.49. The number of esters is 1. The van der Waals surface area contributed by atoms with Crippen molar-refractivity contribution in [2.45, 2.75) is 68.9 Å². The molecule has 0 spiro atoms. The number of carbonyl (C=O) groups excluding carboxylic acids is 2. The number of methoxy groups -OCH3 is 1. The van der Waals surface area contributed by atoms with Crippen molar-refractivity contribution in [1.82, 2.24) is 15.1 Å². The number of carbonyl (C=O) groups is 3. The number of nitrogens with two attached hydrogens (primary N) is 1. The fourth-order valence-electron chi connectivity index (χ4n) is 4.26. The predicted molar refractivity (Wildman–Crippen MR) is 155 cm³/mol. The molecule has 248 valence electrons. The normalized spacial score (nSPS) is 17.6. The van der Waals surface area contributed by atoms with Crippen LogP contribution in [0.4, 0.5) is 13.2 Å². The first-order valence-corrected chi connectivity index (χ1v) is 15.0. The molecule has 3 rings (SSSR count). The first-order chi connectivity index (χ1) is 20.8. The number of amidine groups is 1. The highest BCUT2D eigenvalue weighted by atomic mass is 32.2. The summed E-state index contributed by atoms with van der Waals surface area (Å²) in [7, 11) is -2.88. The minimum Gasteiger partial charge on any atom is -0.475 e. The molecule has 13 nitrogen and oxygen atoms in total. The van der Waals surface area contributed by atoms with Gasteiger partial charge >= 0.3 is 18.1 Å². The molecule has 0 aliphatic carbocycles. The van der Waals surface area contributed by atoms with Crippen molar-refractivity contribution >= 4 is 33.7 Å². The molecule has 1 saturated heterocycles. The van der Waals surface area contributed by atoms with E-state index in [0.717, 1.165) is 18.2 Å². The Labute approximate surface area is 258 Å². The van der Waals surface area contributed by atoms with Crippen molar-refractivity contribution in [2.24, 2.45) is 5.73 Å². The molecule has 0 unspecified atom stereocenters. The van der Waals surface area contributed by atoms with Crippen LogP contribution in [0.3, 0.4) is 0 Å². The Balaban J connectivity index is 0.000000900. The Morgan fingerprint density at radius 2 is 1.78 bits per heavy atom. The Morgan fingerprint density at radius 3 is 2.27 bits per heavy atom. The van der Waals surface area contributed by atoms with Gasteiger partial charge in [-0.15, -0.1) is 0 Å². The summed E-state index contributed by atoms with van der Waals surface area (Å²) >= 11 is 0. The van der Waals surface area contributed by atoms with Crippen LogP contribution < -0.4 is 15.8 Å². The molecule has 1 amide bonds. The highest BCUT2D eigenvalue weighted by Crippen LogP contribution is 2.37. The lowest BCUT2D eigenvalue weighted by atomic mass is 9.98. The first-order valence-electron chi connectivity index (χ1n) is 13.5. The van der Waals surface area contributed by atoms with Gasteiger partial charge < -0.3 is 20.9 Å².